The number of quaternary nitrogens is 2. The molecule has 1 N–H and O–H groups in total. The third-order valence-electron chi connectivity index (χ3n) is 5.28. The maximum absolute atomic E-state index is 11.5. The molecule has 1 aromatic rings. The van der Waals surface area contributed by atoms with Crippen LogP contribution >= 0.6 is 0 Å². The lowest BCUT2D eigenvalue weighted by molar-refractivity contribution is -0.947. The van der Waals surface area contributed by atoms with Gasteiger partial charge in [-0.2, -0.15) is 0 Å². The molecule has 0 aromatic heterocycles. The Bertz CT molecular complexity index is 595. The summed E-state index contributed by atoms with van der Waals surface area (Å²) in [5, 5.41) is 10.8. The van der Waals surface area contributed by atoms with Crippen LogP contribution in [0.15, 0.2) is 42.5 Å². The lowest BCUT2D eigenvalue weighted by Crippen LogP contribution is -2.56. The van der Waals surface area contributed by atoms with Crippen molar-refractivity contribution in [2.45, 2.75) is 33.4 Å². The van der Waals surface area contributed by atoms with E-state index in [1.807, 2.05) is 6.07 Å². The molecule has 1 unspecified atom stereocenters. The van der Waals surface area contributed by atoms with E-state index < -0.39 is 6.10 Å². The van der Waals surface area contributed by atoms with E-state index in [2.05, 4.69) is 58.8 Å². The molecule has 5 nitrogen and oxygen atoms in total. The summed E-state index contributed by atoms with van der Waals surface area (Å²) >= 11 is 0. The average molecular weight is 379 g/mol. The molecule has 0 heterocycles. The van der Waals surface area contributed by atoms with Gasteiger partial charge >= 0.3 is 5.97 Å². The minimum Gasteiger partial charge on any atom is -0.456 e. The topological polar surface area (TPSA) is 46.5 Å². The Morgan fingerprint density at radius 3 is 2.26 bits per heavy atom. The van der Waals surface area contributed by atoms with Crippen molar-refractivity contribution >= 4 is 5.97 Å². The standard InChI is InChI=1S/C22H38N2O3/c1-7-24(8-2,16-20-12-10-9-11-13-20)18-21(25)17-23(5,6)14-15-27-22(26)19(3)4/h9-13,21,25H,3,7-8,14-18H2,1-2,4-6H3/q+2. The predicted molar refractivity (Wildman–Crippen MR) is 110 cm³/mol. The number of carbonyl (C=O) groups excluding carboxylic acids is 1. The number of carbonyl (C=O) groups is 1. The van der Waals surface area contributed by atoms with Crippen LogP contribution in [-0.4, -0.2) is 79.6 Å². The van der Waals surface area contributed by atoms with Crippen molar-refractivity contribution in [3.63, 3.8) is 0 Å². The molecular weight excluding hydrogens is 340 g/mol. The Morgan fingerprint density at radius 1 is 1.15 bits per heavy atom. The van der Waals surface area contributed by atoms with Crippen molar-refractivity contribution in [2.24, 2.45) is 0 Å². The highest BCUT2D eigenvalue weighted by Crippen LogP contribution is 2.16. The molecule has 1 aromatic carbocycles. The quantitative estimate of drug-likeness (QED) is 0.345. The van der Waals surface area contributed by atoms with Crippen LogP contribution in [0.4, 0.5) is 0 Å². The highest BCUT2D eigenvalue weighted by atomic mass is 16.5. The van der Waals surface area contributed by atoms with Crippen molar-refractivity contribution in [1.82, 2.24) is 0 Å². The van der Waals surface area contributed by atoms with Gasteiger partial charge in [0.2, 0.25) is 0 Å². The first-order chi connectivity index (χ1) is 12.6. The SMILES string of the molecule is C=C(C)C(=O)OCC[N+](C)(C)CC(O)C[N+](CC)(CC)Cc1ccccc1. The average Bonchev–Trinajstić information content (AvgIpc) is 2.61. The van der Waals surface area contributed by atoms with Crippen LogP contribution < -0.4 is 0 Å². The van der Waals surface area contributed by atoms with Gasteiger partial charge in [-0.05, 0) is 20.8 Å². The number of nitrogens with zero attached hydrogens (tertiary/aromatic N) is 2. The minimum atomic E-state index is -0.416. The third kappa shape index (κ3) is 8.24. The van der Waals surface area contributed by atoms with Crippen molar-refractivity contribution in [3.8, 4) is 0 Å². The largest absolute Gasteiger partial charge is 0.456 e. The van der Waals surface area contributed by atoms with Gasteiger partial charge in [0.05, 0.1) is 27.2 Å². The first kappa shape index (κ1) is 23.3. The molecule has 0 saturated heterocycles. The van der Waals surface area contributed by atoms with Gasteiger partial charge < -0.3 is 18.8 Å². The fourth-order valence-electron chi connectivity index (χ4n) is 3.42. The summed E-state index contributed by atoms with van der Waals surface area (Å²) in [6, 6.07) is 10.5. The van der Waals surface area contributed by atoms with E-state index in [0.717, 1.165) is 30.7 Å². The van der Waals surface area contributed by atoms with Gasteiger partial charge in [-0.25, -0.2) is 4.79 Å². The van der Waals surface area contributed by atoms with Crippen molar-refractivity contribution < 1.29 is 23.6 Å². The van der Waals surface area contributed by atoms with Crippen LogP contribution in [-0.2, 0) is 16.1 Å². The smallest absolute Gasteiger partial charge is 0.333 e. The van der Waals surface area contributed by atoms with E-state index in [1.165, 1.54) is 5.56 Å². The number of esters is 1. The lowest BCUT2D eigenvalue weighted by atomic mass is 10.1. The normalized spacial score (nSPS) is 13.3. The molecule has 0 amide bonds. The zero-order valence-corrected chi connectivity index (χ0v) is 17.8. The van der Waals surface area contributed by atoms with E-state index in [4.69, 9.17) is 4.74 Å². The number of aliphatic hydroxyl groups excluding tert-OH is 1. The third-order valence-corrected chi connectivity index (χ3v) is 5.28. The molecule has 152 valence electrons. The first-order valence-electron chi connectivity index (χ1n) is 9.85. The lowest BCUT2D eigenvalue weighted by Gasteiger charge is -2.40. The molecule has 1 rings (SSSR count). The minimum absolute atomic E-state index is 0.330. The molecule has 0 spiro atoms. The molecule has 0 radical (unpaired) electrons. The molecule has 0 aliphatic rings. The van der Waals surface area contributed by atoms with Crippen LogP contribution in [0.3, 0.4) is 0 Å². The number of likely N-dealkylation sites (N-methyl/N-ethyl adjacent to an activating group) is 2. The summed E-state index contributed by atoms with van der Waals surface area (Å²) in [5.74, 6) is -0.356. The van der Waals surface area contributed by atoms with Gasteiger partial charge in [0, 0.05) is 11.1 Å². The molecular formula is C22H38N2O3+2. The van der Waals surface area contributed by atoms with E-state index in [-0.39, 0.29) is 5.97 Å². The van der Waals surface area contributed by atoms with E-state index >= 15 is 0 Å². The van der Waals surface area contributed by atoms with Crippen LogP contribution in [0.25, 0.3) is 0 Å². The summed E-state index contributed by atoms with van der Waals surface area (Å²) in [6.07, 6.45) is -0.416. The fourth-order valence-corrected chi connectivity index (χ4v) is 3.42. The number of hydrogen-bond acceptors (Lipinski definition) is 3. The van der Waals surface area contributed by atoms with Crippen molar-refractivity contribution in [1.29, 1.82) is 0 Å². The number of hydrogen-bond donors (Lipinski definition) is 1. The first-order valence-corrected chi connectivity index (χ1v) is 9.85. The zero-order valence-electron chi connectivity index (χ0n) is 17.8. The summed E-state index contributed by atoms with van der Waals surface area (Å²) in [4.78, 5) is 11.5. The fraction of sp³-hybridized carbons (Fsp3) is 0.591. The molecule has 0 aliphatic carbocycles. The second-order valence-corrected chi connectivity index (χ2v) is 8.21. The van der Waals surface area contributed by atoms with Crippen molar-refractivity contribution in [2.75, 3.05) is 53.4 Å². The summed E-state index contributed by atoms with van der Waals surface area (Å²) in [5.41, 5.74) is 1.71. The van der Waals surface area contributed by atoms with Gasteiger partial charge in [-0.15, -0.1) is 0 Å². The summed E-state index contributed by atoms with van der Waals surface area (Å²) in [6.45, 7) is 14.8. The molecule has 1 atom stereocenters. The van der Waals surface area contributed by atoms with Gasteiger partial charge in [0.25, 0.3) is 0 Å². The monoisotopic (exact) mass is 378 g/mol. The van der Waals surface area contributed by atoms with Gasteiger partial charge in [-0.1, -0.05) is 36.9 Å². The zero-order chi connectivity index (χ0) is 20.5. The Labute approximate surface area is 165 Å². The predicted octanol–water partition coefficient (Wildman–Crippen LogP) is 2.60. The highest BCUT2D eigenvalue weighted by molar-refractivity contribution is 5.86. The Kier molecular flexibility index (Phi) is 9.16. The molecule has 0 bridgehead atoms. The molecule has 0 saturated carbocycles. The van der Waals surface area contributed by atoms with E-state index in [0.29, 0.717) is 29.8 Å². The van der Waals surface area contributed by atoms with Gasteiger partial charge in [0.15, 0.2) is 6.10 Å². The van der Waals surface area contributed by atoms with Gasteiger partial charge in [0.1, 0.15) is 32.8 Å². The Balaban J connectivity index is 2.63. The summed E-state index contributed by atoms with van der Waals surface area (Å²) < 4.78 is 6.66. The van der Waals surface area contributed by atoms with Crippen LogP contribution in [0.2, 0.25) is 0 Å². The van der Waals surface area contributed by atoms with E-state index in [9.17, 15) is 9.90 Å². The second kappa shape index (κ2) is 10.6. The Morgan fingerprint density at radius 2 is 1.74 bits per heavy atom. The van der Waals surface area contributed by atoms with Crippen LogP contribution in [0.5, 0.6) is 0 Å². The maximum Gasteiger partial charge on any atom is 0.333 e. The van der Waals surface area contributed by atoms with Crippen LogP contribution in [0, 0.1) is 0 Å². The molecule has 0 aliphatic heterocycles. The number of benzene rings is 1. The maximum atomic E-state index is 11.5. The number of ether oxygens (including phenoxy) is 1. The van der Waals surface area contributed by atoms with Gasteiger partial charge in [-0.3, -0.25) is 0 Å². The Hall–Kier alpha value is -1.69. The number of aliphatic hydroxyl groups is 1. The molecule has 27 heavy (non-hydrogen) atoms. The second-order valence-electron chi connectivity index (χ2n) is 8.21. The summed E-state index contributed by atoms with van der Waals surface area (Å²) in [7, 11) is 4.11. The van der Waals surface area contributed by atoms with Crippen LogP contribution in [0.1, 0.15) is 26.3 Å². The van der Waals surface area contributed by atoms with Crippen molar-refractivity contribution in [3.05, 3.63) is 48.0 Å². The molecule has 5 heteroatoms. The highest BCUT2D eigenvalue weighted by Gasteiger charge is 2.31. The molecule has 0 fully saturated rings. The van der Waals surface area contributed by atoms with E-state index in [1.54, 1.807) is 6.92 Å². The number of rotatable bonds is 12.